The van der Waals surface area contributed by atoms with Crippen molar-refractivity contribution in [2.75, 3.05) is 11.4 Å². The molecule has 3 heterocycles. The van der Waals surface area contributed by atoms with Gasteiger partial charge in [-0.25, -0.2) is 4.98 Å². The fourth-order valence-corrected chi connectivity index (χ4v) is 3.05. The summed E-state index contributed by atoms with van der Waals surface area (Å²) >= 11 is 5.85. The number of benzene rings is 1. The molecule has 1 aliphatic heterocycles. The summed E-state index contributed by atoms with van der Waals surface area (Å²) in [5.41, 5.74) is 2.01. The maximum Gasteiger partial charge on any atom is 0.277 e. The highest BCUT2D eigenvalue weighted by atomic mass is 35.5. The van der Waals surface area contributed by atoms with Gasteiger partial charge >= 0.3 is 0 Å². The van der Waals surface area contributed by atoms with E-state index in [1.54, 1.807) is 15.6 Å². The lowest BCUT2D eigenvalue weighted by molar-refractivity contribution is 0.0961. The number of alkyl halides is 1. The highest BCUT2D eigenvalue weighted by molar-refractivity contribution is 6.16. The van der Waals surface area contributed by atoms with Crippen molar-refractivity contribution in [3.63, 3.8) is 0 Å². The number of ether oxygens (including phenoxy) is 1. The minimum Gasteiger partial charge on any atom is -0.487 e. The Kier molecular flexibility index (Phi) is 4.58. The topological polar surface area (TPSA) is 60.2 Å². The molecule has 0 spiro atoms. The van der Waals surface area contributed by atoms with Crippen molar-refractivity contribution in [1.82, 2.24) is 14.8 Å². The van der Waals surface area contributed by atoms with Gasteiger partial charge in [0.2, 0.25) is 0 Å². The van der Waals surface area contributed by atoms with Crippen LogP contribution in [0.25, 0.3) is 0 Å². The van der Waals surface area contributed by atoms with Crippen molar-refractivity contribution in [2.24, 2.45) is 0 Å². The molecule has 0 saturated heterocycles. The summed E-state index contributed by atoms with van der Waals surface area (Å²) in [6.45, 7) is 1.45. The van der Waals surface area contributed by atoms with E-state index in [0.29, 0.717) is 37.1 Å². The van der Waals surface area contributed by atoms with Crippen molar-refractivity contribution in [3.05, 3.63) is 71.7 Å². The Bertz CT molecular complexity index is 926. The van der Waals surface area contributed by atoms with Gasteiger partial charge in [0.1, 0.15) is 29.6 Å². The Morgan fingerprint density at radius 1 is 1.04 bits per heavy atom. The number of fused-ring (bicyclic) bond motifs is 1. The third-order valence-electron chi connectivity index (χ3n) is 4.17. The summed E-state index contributed by atoms with van der Waals surface area (Å²) in [6, 6.07) is 16.8. The number of nitrogens with zero attached hydrogens (tertiary/aromatic N) is 4. The maximum atomic E-state index is 12.9. The van der Waals surface area contributed by atoms with E-state index in [1.807, 2.05) is 48.5 Å². The number of carbonyl (C=O) groups excluding carboxylic acids is 1. The standard InChI is InChI=1S/C19H17ClN4O2/c20-12-14-5-4-8-18(21-14)23-9-10-24-17(19(23)25)11-15(22-24)13-26-16-6-2-1-3-7-16/h1-8,11H,9-10,12-13H2. The molecule has 0 unspecified atom stereocenters. The van der Waals surface area contributed by atoms with Gasteiger partial charge in [-0.15, -0.1) is 11.6 Å². The van der Waals surface area contributed by atoms with Gasteiger partial charge in [-0.05, 0) is 30.3 Å². The van der Waals surface area contributed by atoms with Gasteiger partial charge in [-0.2, -0.15) is 5.10 Å². The number of para-hydroxylation sites is 1. The van der Waals surface area contributed by atoms with Gasteiger partial charge in [0.05, 0.1) is 18.1 Å². The number of carbonyl (C=O) groups is 1. The Balaban J connectivity index is 1.52. The molecule has 0 N–H and O–H groups in total. The molecule has 1 amide bonds. The summed E-state index contributed by atoms with van der Waals surface area (Å²) in [5, 5.41) is 4.48. The van der Waals surface area contributed by atoms with Gasteiger partial charge in [0.15, 0.2) is 0 Å². The molecule has 7 heteroatoms. The monoisotopic (exact) mass is 368 g/mol. The van der Waals surface area contributed by atoms with Crippen LogP contribution in [0.2, 0.25) is 0 Å². The molecule has 2 aromatic heterocycles. The predicted molar refractivity (Wildman–Crippen MR) is 98.5 cm³/mol. The first-order valence-electron chi connectivity index (χ1n) is 8.33. The maximum absolute atomic E-state index is 12.9. The SMILES string of the molecule is O=C1c2cc(COc3ccccc3)nn2CCN1c1cccc(CCl)n1. The number of pyridine rings is 1. The van der Waals surface area contributed by atoms with Crippen LogP contribution >= 0.6 is 11.6 Å². The Morgan fingerprint density at radius 2 is 1.88 bits per heavy atom. The van der Waals surface area contributed by atoms with E-state index < -0.39 is 0 Å². The second-order valence-corrected chi connectivity index (χ2v) is 6.19. The first-order valence-corrected chi connectivity index (χ1v) is 8.86. The molecule has 0 radical (unpaired) electrons. The molecule has 1 aromatic carbocycles. The summed E-state index contributed by atoms with van der Waals surface area (Å²) in [7, 11) is 0. The Labute approximate surface area is 156 Å². The van der Waals surface area contributed by atoms with Crippen molar-refractivity contribution in [3.8, 4) is 5.75 Å². The smallest absolute Gasteiger partial charge is 0.277 e. The van der Waals surface area contributed by atoms with E-state index in [2.05, 4.69) is 10.1 Å². The average molecular weight is 369 g/mol. The number of aromatic nitrogens is 3. The van der Waals surface area contributed by atoms with Crippen molar-refractivity contribution >= 4 is 23.3 Å². The van der Waals surface area contributed by atoms with E-state index in [9.17, 15) is 4.79 Å². The largest absolute Gasteiger partial charge is 0.487 e. The molecule has 0 aliphatic carbocycles. The highest BCUT2D eigenvalue weighted by Crippen LogP contribution is 2.21. The van der Waals surface area contributed by atoms with E-state index in [-0.39, 0.29) is 5.91 Å². The van der Waals surface area contributed by atoms with Crippen LogP contribution in [0.4, 0.5) is 5.82 Å². The first kappa shape index (κ1) is 16.6. The molecule has 0 saturated carbocycles. The second-order valence-electron chi connectivity index (χ2n) is 5.92. The van der Waals surface area contributed by atoms with E-state index in [0.717, 1.165) is 17.1 Å². The summed E-state index contributed by atoms with van der Waals surface area (Å²) in [5.74, 6) is 1.58. The Morgan fingerprint density at radius 3 is 2.69 bits per heavy atom. The van der Waals surface area contributed by atoms with Crippen LogP contribution in [0.5, 0.6) is 5.75 Å². The van der Waals surface area contributed by atoms with Crippen LogP contribution in [0, 0.1) is 0 Å². The van der Waals surface area contributed by atoms with Gasteiger partial charge < -0.3 is 4.74 Å². The molecule has 0 fully saturated rings. The molecule has 3 aromatic rings. The number of hydrogen-bond donors (Lipinski definition) is 0. The molecule has 0 atom stereocenters. The zero-order valence-electron chi connectivity index (χ0n) is 14.0. The lowest BCUT2D eigenvalue weighted by atomic mass is 10.2. The number of rotatable bonds is 5. The van der Waals surface area contributed by atoms with Crippen molar-refractivity contribution in [2.45, 2.75) is 19.0 Å². The Hall–Kier alpha value is -2.86. The summed E-state index contributed by atoms with van der Waals surface area (Å²) in [4.78, 5) is 19.0. The quantitative estimate of drug-likeness (QED) is 0.648. The van der Waals surface area contributed by atoms with Gasteiger partial charge in [-0.3, -0.25) is 14.4 Å². The lowest BCUT2D eigenvalue weighted by Crippen LogP contribution is -2.41. The molecular weight excluding hydrogens is 352 g/mol. The first-order chi connectivity index (χ1) is 12.7. The molecule has 6 nitrogen and oxygen atoms in total. The number of hydrogen-bond acceptors (Lipinski definition) is 4. The molecule has 1 aliphatic rings. The van der Waals surface area contributed by atoms with Crippen LogP contribution in [0.3, 0.4) is 0 Å². The van der Waals surface area contributed by atoms with Crippen LogP contribution in [-0.4, -0.2) is 27.2 Å². The van der Waals surface area contributed by atoms with Gasteiger partial charge in [0, 0.05) is 6.54 Å². The zero-order chi connectivity index (χ0) is 17.9. The lowest BCUT2D eigenvalue weighted by Gasteiger charge is -2.26. The van der Waals surface area contributed by atoms with Crippen molar-refractivity contribution < 1.29 is 9.53 Å². The van der Waals surface area contributed by atoms with Gasteiger partial charge in [-0.1, -0.05) is 24.3 Å². The predicted octanol–water partition coefficient (Wildman–Crippen LogP) is 3.26. The summed E-state index contributed by atoms with van der Waals surface area (Å²) < 4.78 is 7.45. The molecule has 0 bridgehead atoms. The second kappa shape index (κ2) is 7.17. The molecule has 132 valence electrons. The fraction of sp³-hybridized carbons (Fsp3) is 0.211. The van der Waals surface area contributed by atoms with Crippen LogP contribution in [0.1, 0.15) is 21.9 Å². The minimum absolute atomic E-state index is 0.117. The fourth-order valence-electron chi connectivity index (χ4n) is 2.90. The van der Waals surface area contributed by atoms with Gasteiger partial charge in [0.25, 0.3) is 5.91 Å². The summed E-state index contributed by atoms with van der Waals surface area (Å²) in [6.07, 6.45) is 0. The third kappa shape index (κ3) is 3.28. The average Bonchev–Trinajstić information content (AvgIpc) is 3.12. The van der Waals surface area contributed by atoms with Crippen LogP contribution in [-0.2, 0) is 19.0 Å². The van der Waals surface area contributed by atoms with Crippen LogP contribution in [0.15, 0.2) is 54.6 Å². The molecular formula is C19H17ClN4O2. The minimum atomic E-state index is -0.117. The number of anilines is 1. The number of amides is 1. The van der Waals surface area contributed by atoms with E-state index in [4.69, 9.17) is 16.3 Å². The third-order valence-corrected chi connectivity index (χ3v) is 4.44. The highest BCUT2D eigenvalue weighted by Gasteiger charge is 2.28. The van der Waals surface area contributed by atoms with Crippen LogP contribution < -0.4 is 9.64 Å². The zero-order valence-corrected chi connectivity index (χ0v) is 14.8. The normalized spacial score (nSPS) is 13.6. The number of halogens is 1. The molecule has 4 rings (SSSR count). The van der Waals surface area contributed by atoms with E-state index in [1.165, 1.54) is 0 Å². The molecule has 26 heavy (non-hydrogen) atoms. The van der Waals surface area contributed by atoms with E-state index >= 15 is 0 Å². The van der Waals surface area contributed by atoms with Crippen molar-refractivity contribution in [1.29, 1.82) is 0 Å².